The van der Waals surface area contributed by atoms with Crippen molar-refractivity contribution < 1.29 is 9.47 Å². The van der Waals surface area contributed by atoms with E-state index in [-0.39, 0.29) is 0 Å². The predicted octanol–water partition coefficient (Wildman–Crippen LogP) is 3.57. The van der Waals surface area contributed by atoms with E-state index in [0.29, 0.717) is 22.1 Å². The van der Waals surface area contributed by atoms with Crippen molar-refractivity contribution in [3.63, 3.8) is 0 Å². The summed E-state index contributed by atoms with van der Waals surface area (Å²) >= 11 is 6.87. The first-order chi connectivity index (χ1) is 11.2. The number of nitrogens with one attached hydrogen (secondary N) is 1. The Morgan fingerprint density at radius 2 is 2.17 bits per heavy atom. The zero-order valence-corrected chi connectivity index (χ0v) is 14.1. The molecular weight excluding hydrogens is 332 g/mol. The van der Waals surface area contributed by atoms with Crippen LogP contribution in [-0.2, 0) is 0 Å². The highest BCUT2D eigenvalue weighted by Crippen LogP contribution is 2.32. The van der Waals surface area contributed by atoms with Gasteiger partial charge in [0.05, 0.1) is 26.0 Å². The summed E-state index contributed by atoms with van der Waals surface area (Å²) < 4.78 is 12.6. The van der Waals surface area contributed by atoms with E-state index in [1.54, 1.807) is 42.5 Å². The highest BCUT2D eigenvalue weighted by Gasteiger charge is 2.14. The standard InChI is InChI=1S/C15H14N4O2S2/c1-20-11-3-4-12(13(7-11)21-2)14-17-18-15(22)19(14)16-8-10-5-6-23-9-10/h3-9H,1-2H3,(H,18,22)/b16-8-. The van der Waals surface area contributed by atoms with Crippen molar-refractivity contribution in [3.8, 4) is 22.9 Å². The number of aromatic nitrogens is 3. The van der Waals surface area contributed by atoms with E-state index in [9.17, 15) is 0 Å². The Bertz CT molecular complexity index is 881. The third kappa shape index (κ3) is 3.17. The van der Waals surface area contributed by atoms with Gasteiger partial charge in [-0.15, -0.1) is 0 Å². The van der Waals surface area contributed by atoms with E-state index in [4.69, 9.17) is 21.7 Å². The van der Waals surface area contributed by atoms with Crippen molar-refractivity contribution in [2.75, 3.05) is 14.2 Å². The van der Waals surface area contributed by atoms with Crippen LogP contribution in [0.4, 0.5) is 0 Å². The summed E-state index contributed by atoms with van der Waals surface area (Å²) in [6.07, 6.45) is 1.74. The number of methoxy groups -OCH3 is 2. The van der Waals surface area contributed by atoms with Crippen LogP contribution in [0.5, 0.6) is 11.5 Å². The summed E-state index contributed by atoms with van der Waals surface area (Å²) in [7, 11) is 3.20. The van der Waals surface area contributed by atoms with Gasteiger partial charge in [-0.2, -0.15) is 26.2 Å². The molecule has 8 heteroatoms. The van der Waals surface area contributed by atoms with E-state index < -0.39 is 0 Å². The first kappa shape index (κ1) is 15.4. The molecule has 2 aromatic heterocycles. The maximum absolute atomic E-state index is 5.43. The van der Waals surface area contributed by atoms with E-state index in [1.807, 2.05) is 29.0 Å². The van der Waals surface area contributed by atoms with Crippen molar-refractivity contribution in [1.29, 1.82) is 0 Å². The summed E-state index contributed by atoms with van der Waals surface area (Å²) in [5.41, 5.74) is 1.77. The number of benzene rings is 1. The quantitative estimate of drug-likeness (QED) is 0.567. The van der Waals surface area contributed by atoms with Crippen LogP contribution in [0.3, 0.4) is 0 Å². The Kier molecular flexibility index (Phi) is 4.54. The second kappa shape index (κ2) is 6.76. The molecule has 0 spiro atoms. The molecular formula is C15H14N4O2S2. The number of H-pyrrole nitrogens is 1. The van der Waals surface area contributed by atoms with Gasteiger partial charge in [0.15, 0.2) is 5.82 Å². The first-order valence-corrected chi connectivity index (χ1v) is 8.04. The largest absolute Gasteiger partial charge is 0.497 e. The van der Waals surface area contributed by atoms with Gasteiger partial charge in [-0.1, -0.05) is 0 Å². The van der Waals surface area contributed by atoms with Gasteiger partial charge in [-0.05, 0) is 41.2 Å². The van der Waals surface area contributed by atoms with Gasteiger partial charge < -0.3 is 9.47 Å². The molecule has 6 nitrogen and oxygen atoms in total. The SMILES string of the molecule is COc1ccc(-c2n[nH]c(=S)n2/N=C\c2ccsc2)c(OC)c1. The topological polar surface area (TPSA) is 64.4 Å². The van der Waals surface area contributed by atoms with Gasteiger partial charge in [0.2, 0.25) is 4.77 Å². The van der Waals surface area contributed by atoms with Crippen LogP contribution in [0, 0.1) is 4.77 Å². The molecule has 2 heterocycles. The number of ether oxygens (including phenoxy) is 2. The highest BCUT2D eigenvalue weighted by molar-refractivity contribution is 7.71. The average molecular weight is 346 g/mol. The Morgan fingerprint density at radius 3 is 2.87 bits per heavy atom. The van der Waals surface area contributed by atoms with Crippen LogP contribution in [0.25, 0.3) is 11.4 Å². The van der Waals surface area contributed by atoms with Crippen LogP contribution in [0.1, 0.15) is 5.56 Å². The molecule has 0 aliphatic heterocycles. The number of rotatable bonds is 5. The Balaban J connectivity index is 2.06. The van der Waals surface area contributed by atoms with Crippen molar-refractivity contribution in [3.05, 3.63) is 45.4 Å². The normalized spacial score (nSPS) is 11.0. The summed E-state index contributed by atoms with van der Waals surface area (Å²) in [6, 6.07) is 7.47. The molecule has 0 bridgehead atoms. The lowest BCUT2D eigenvalue weighted by Gasteiger charge is -2.09. The van der Waals surface area contributed by atoms with E-state index in [0.717, 1.165) is 11.1 Å². The smallest absolute Gasteiger partial charge is 0.216 e. The minimum Gasteiger partial charge on any atom is -0.497 e. The minimum absolute atomic E-state index is 0.407. The number of nitrogens with zero attached hydrogens (tertiary/aromatic N) is 3. The van der Waals surface area contributed by atoms with Crippen molar-refractivity contribution in [1.82, 2.24) is 14.9 Å². The first-order valence-electron chi connectivity index (χ1n) is 6.69. The minimum atomic E-state index is 0.407. The summed E-state index contributed by atoms with van der Waals surface area (Å²) in [4.78, 5) is 0. The molecule has 118 valence electrons. The maximum Gasteiger partial charge on any atom is 0.216 e. The molecule has 1 aromatic carbocycles. The van der Waals surface area contributed by atoms with Crippen LogP contribution < -0.4 is 9.47 Å². The van der Waals surface area contributed by atoms with Gasteiger partial charge >= 0.3 is 0 Å². The molecule has 0 fully saturated rings. The van der Waals surface area contributed by atoms with E-state index >= 15 is 0 Å². The molecule has 3 aromatic rings. The molecule has 0 aliphatic carbocycles. The summed E-state index contributed by atoms with van der Waals surface area (Å²) in [5.74, 6) is 1.90. The third-order valence-corrected chi connectivity index (χ3v) is 4.13. The van der Waals surface area contributed by atoms with Crippen LogP contribution in [0.2, 0.25) is 0 Å². The van der Waals surface area contributed by atoms with Crippen LogP contribution in [-0.4, -0.2) is 35.3 Å². The number of hydrogen-bond donors (Lipinski definition) is 1. The molecule has 0 aliphatic rings. The fourth-order valence-electron chi connectivity index (χ4n) is 2.03. The molecule has 3 rings (SSSR count). The van der Waals surface area contributed by atoms with Crippen molar-refractivity contribution >= 4 is 29.8 Å². The summed E-state index contributed by atoms with van der Waals surface area (Å²) in [5, 5.41) is 15.4. The average Bonchev–Trinajstić information content (AvgIpc) is 3.22. The second-order valence-electron chi connectivity index (χ2n) is 4.53. The highest BCUT2D eigenvalue weighted by atomic mass is 32.1. The number of aromatic amines is 1. The molecule has 0 radical (unpaired) electrons. The van der Waals surface area contributed by atoms with Gasteiger partial charge in [-0.25, -0.2) is 5.10 Å². The van der Waals surface area contributed by atoms with E-state index in [1.165, 1.54) is 0 Å². The van der Waals surface area contributed by atoms with Gasteiger partial charge in [-0.3, -0.25) is 0 Å². The maximum atomic E-state index is 5.43. The van der Waals surface area contributed by atoms with Crippen molar-refractivity contribution in [2.24, 2.45) is 5.10 Å². The fourth-order valence-corrected chi connectivity index (χ4v) is 2.82. The van der Waals surface area contributed by atoms with Crippen molar-refractivity contribution in [2.45, 2.75) is 0 Å². The van der Waals surface area contributed by atoms with Gasteiger partial charge in [0.25, 0.3) is 0 Å². The molecule has 0 amide bonds. The number of thiophene rings is 1. The Morgan fingerprint density at radius 1 is 1.30 bits per heavy atom. The lowest BCUT2D eigenvalue weighted by molar-refractivity contribution is 0.395. The summed E-state index contributed by atoms with van der Waals surface area (Å²) in [6.45, 7) is 0. The van der Waals surface area contributed by atoms with Crippen LogP contribution in [0.15, 0.2) is 40.1 Å². The molecule has 23 heavy (non-hydrogen) atoms. The molecule has 0 saturated heterocycles. The number of hydrogen-bond acceptors (Lipinski definition) is 6. The Hall–Kier alpha value is -2.45. The van der Waals surface area contributed by atoms with Crippen LogP contribution >= 0.6 is 23.6 Å². The zero-order chi connectivity index (χ0) is 16.2. The molecule has 0 unspecified atom stereocenters. The van der Waals surface area contributed by atoms with Gasteiger partial charge in [0.1, 0.15) is 11.5 Å². The molecule has 0 saturated carbocycles. The molecule has 1 N–H and O–H groups in total. The fraction of sp³-hybridized carbons (Fsp3) is 0.133. The van der Waals surface area contributed by atoms with Gasteiger partial charge in [0, 0.05) is 11.6 Å². The lowest BCUT2D eigenvalue weighted by Crippen LogP contribution is -1.97. The predicted molar refractivity (Wildman–Crippen MR) is 93.3 cm³/mol. The second-order valence-corrected chi connectivity index (χ2v) is 5.70. The van der Waals surface area contributed by atoms with E-state index in [2.05, 4.69) is 15.3 Å². The molecule has 0 atom stereocenters. The monoisotopic (exact) mass is 346 g/mol. The zero-order valence-electron chi connectivity index (χ0n) is 12.5. The Labute approximate surface area is 142 Å². The lowest BCUT2D eigenvalue weighted by atomic mass is 10.2. The third-order valence-electron chi connectivity index (χ3n) is 3.17.